The fraction of sp³-hybridized carbons (Fsp3) is 0.538. The molecule has 0 saturated heterocycles. The second kappa shape index (κ2) is 7.14. The number of hydrogen-bond acceptors (Lipinski definition) is 4. The molecule has 1 N–H and O–H groups in total. The molecule has 0 spiro atoms. The predicted octanol–water partition coefficient (Wildman–Crippen LogP) is 4.14. The molecule has 0 aliphatic rings. The lowest BCUT2D eigenvalue weighted by atomic mass is 10.2. The molecule has 21 heavy (non-hydrogen) atoms. The van der Waals surface area contributed by atoms with Gasteiger partial charge in [-0.3, -0.25) is 10.1 Å². The van der Waals surface area contributed by atoms with Crippen molar-refractivity contribution in [3.05, 3.63) is 28.3 Å². The second-order valence-corrected chi connectivity index (χ2v) is 4.72. The van der Waals surface area contributed by atoms with Crippen LogP contribution in [0, 0.1) is 10.1 Å². The molecule has 1 aromatic carbocycles. The van der Waals surface area contributed by atoms with Crippen molar-refractivity contribution in [3.63, 3.8) is 0 Å². The molecule has 0 fully saturated rings. The highest BCUT2D eigenvalue weighted by molar-refractivity contribution is 5.68. The third-order valence-corrected chi connectivity index (χ3v) is 2.50. The average Bonchev–Trinajstić information content (AvgIpc) is 2.32. The van der Waals surface area contributed by atoms with E-state index in [1.54, 1.807) is 19.9 Å². The number of anilines is 1. The quantitative estimate of drug-likeness (QED) is 0.467. The van der Waals surface area contributed by atoms with Gasteiger partial charge in [0, 0.05) is 13.0 Å². The van der Waals surface area contributed by atoms with Gasteiger partial charge in [-0.25, -0.2) is 0 Å². The summed E-state index contributed by atoms with van der Waals surface area (Å²) in [5.74, 6) is 0.0934. The molecule has 0 unspecified atom stereocenters. The van der Waals surface area contributed by atoms with Crippen molar-refractivity contribution in [1.82, 2.24) is 0 Å². The smallest absolute Gasteiger partial charge is 0.389 e. The molecule has 118 valence electrons. The third-order valence-electron chi connectivity index (χ3n) is 2.50. The molecular formula is C13H17F3N2O3. The van der Waals surface area contributed by atoms with Gasteiger partial charge < -0.3 is 10.1 Å². The van der Waals surface area contributed by atoms with Crippen molar-refractivity contribution in [3.8, 4) is 5.75 Å². The van der Waals surface area contributed by atoms with Crippen LogP contribution in [-0.4, -0.2) is 23.7 Å². The number of benzene rings is 1. The molecular weight excluding hydrogens is 289 g/mol. The van der Waals surface area contributed by atoms with E-state index in [9.17, 15) is 23.3 Å². The summed E-state index contributed by atoms with van der Waals surface area (Å²) in [4.78, 5) is 10.5. The van der Waals surface area contributed by atoms with Crippen LogP contribution in [0.3, 0.4) is 0 Å². The van der Waals surface area contributed by atoms with Crippen LogP contribution in [0.1, 0.15) is 26.7 Å². The van der Waals surface area contributed by atoms with Gasteiger partial charge in [-0.15, -0.1) is 0 Å². The first-order valence-corrected chi connectivity index (χ1v) is 6.45. The van der Waals surface area contributed by atoms with Gasteiger partial charge in [0.25, 0.3) is 0 Å². The van der Waals surface area contributed by atoms with Crippen LogP contribution < -0.4 is 10.1 Å². The summed E-state index contributed by atoms with van der Waals surface area (Å²) < 4.78 is 41.5. The number of hydrogen-bond donors (Lipinski definition) is 1. The van der Waals surface area contributed by atoms with E-state index in [2.05, 4.69) is 5.32 Å². The van der Waals surface area contributed by atoms with E-state index in [1.165, 1.54) is 12.1 Å². The maximum Gasteiger partial charge on any atom is 0.389 e. The largest absolute Gasteiger partial charge is 0.484 e. The van der Waals surface area contributed by atoms with Gasteiger partial charge in [0.15, 0.2) is 5.75 Å². The Kier molecular flexibility index (Phi) is 5.80. The molecule has 0 amide bonds. The van der Waals surface area contributed by atoms with Gasteiger partial charge in [0.05, 0.1) is 11.0 Å². The molecule has 0 aliphatic carbocycles. The fourth-order valence-electron chi connectivity index (χ4n) is 1.71. The lowest BCUT2D eigenvalue weighted by molar-refractivity contribution is -0.385. The first-order valence-electron chi connectivity index (χ1n) is 6.45. The van der Waals surface area contributed by atoms with Gasteiger partial charge in [-0.2, -0.15) is 13.2 Å². The van der Waals surface area contributed by atoms with Crippen molar-refractivity contribution in [2.45, 2.75) is 39.0 Å². The number of nitrogens with zero attached hydrogens (tertiary/aromatic N) is 1. The number of halogens is 3. The van der Waals surface area contributed by atoms with Crippen molar-refractivity contribution in [2.24, 2.45) is 0 Å². The fourth-order valence-corrected chi connectivity index (χ4v) is 1.71. The van der Waals surface area contributed by atoms with E-state index < -0.39 is 17.5 Å². The van der Waals surface area contributed by atoms with Crippen LogP contribution in [0.4, 0.5) is 24.5 Å². The Labute approximate surface area is 120 Å². The van der Waals surface area contributed by atoms with Crippen LogP contribution in [0.25, 0.3) is 0 Å². The van der Waals surface area contributed by atoms with Gasteiger partial charge in [0.1, 0.15) is 5.69 Å². The lowest BCUT2D eigenvalue weighted by Crippen LogP contribution is -2.12. The molecule has 8 heteroatoms. The van der Waals surface area contributed by atoms with E-state index >= 15 is 0 Å². The molecule has 0 saturated carbocycles. The Morgan fingerprint density at radius 1 is 1.38 bits per heavy atom. The molecule has 0 atom stereocenters. The van der Waals surface area contributed by atoms with Crippen molar-refractivity contribution in [2.75, 3.05) is 11.9 Å². The van der Waals surface area contributed by atoms with Crippen molar-refractivity contribution < 1.29 is 22.8 Å². The zero-order valence-corrected chi connectivity index (χ0v) is 11.7. The molecule has 0 heterocycles. The normalized spacial score (nSPS) is 11.5. The number of nitrogens with one attached hydrogen (secondary N) is 1. The number of alkyl halides is 3. The van der Waals surface area contributed by atoms with E-state index in [4.69, 9.17) is 4.74 Å². The Hall–Kier alpha value is -1.99. The summed E-state index contributed by atoms with van der Waals surface area (Å²) in [5.41, 5.74) is -0.112. The maximum absolute atomic E-state index is 12.0. The molecule has 1 aromatic rings. The standard InChI is InChI=1S/C13H17F3N2O3/c1-9(2)21-11-6-3-5-10(12(11)18(19)20)17-8-4-7-13(14,15)16/h3,5-6,9,17H,4,7-8H2,1-2H3. The Morgan fingerprint density at radius 3 is 2.57 bits per heavy atom. The number of nitro groups is 1. The van der Waals surface area contributed by atoms with Crippen LogP contribution in [-0.2, 0) is 0 Å². The second-order valence-electron chi connectivity index (χ2n) is 4.72. The van der Waals surface area contributed by atoms with Crippen LogP contribution in [0.15, 0.2) is 18.2 Å². The zero-order valence-electron chi connectivity index (χ0n) is 11.7. The first-order chi connectivity index (χ1) is 9.70. The topological polar surface area (TPSA) is 64.4 Å². The number of nitro benzene ring substituents is 1. The summed E-state index contributed by atoms with van der Waals surface area (Å²) in [6, 6.07) is 4.45. The van der Waals surface area contributed by atoms with Gasteiger partial charge in [0.2, 0.25) is 0 Å². The monoisotopic (exact) mass is 306 g/mol. The Balaban J connectivity index is 2.79. The molecule has 0 bridgehead atoms. The minimum atomic E-state index is -4.23. The number of ether oxygens (including phenoxy) is 1. The molecule has 0 aliphatic heterocycles. The van der Waals surface area contributed by atoms with Gasteiger partial charge in [-0.05, 0) is 32.4 Å². The van der Waals surface area contributed by atoms with Gasteiger partial charge in [-0.1, -0.05) is 6.07 Å². The minimum Gasteiger partial charge on any atom is -0.484 e. The van der Waals surface area contributed by atoms with Crippen LogP contribution >= 0.6 is 0 Å². The van der Waals surface area contributed by atoms with Crippen LogP contribution in [0.5, 0.6) is 5.75 Å². The molecule has 1 rings (SSSR count). The highest BCUT2D eigenvalue weighted by Gasteiger charge is 2.26. The number of rotatable bonds is 7. The van der Waals surface area contributed by atoms with E-state index in [0.717, 1.165) is 0 Å². The highest BCUT2D eigenvalue weighted by Crippen LogP contribution is 2.35. The maximum atomic E-state index is 12.0. The Bertz CT molecular complexity index is 490. The zero-order chi connectivity index (χ0) is 16.0. The lowest BCUT2D eigenvalue weighted by Gasteiger charge is -2.13. The summed E-state index contributed by atoms with van der Waals surface area (Å²) in [7, 11) is 0. The molecule has 0 aromatic heterocycles. The molecule has 0 radical (unpaired) electrons. The first kappa shape index (κ1) is 17.1. The summed E-state index contributed by atoms with van der Waals surface area (Å²) in [5, 5.41) is 13.8. The third kappa shape index (κ3) is 5.88. The Morgan fingerprint density at radius 2 is 2.05 bits per heavy atom. The van der Waals surface area contributed by atoms with Crippen LogP contribution in [0.2, 0.25) is 0 Å². The summed E-state index contributed by atoms with van der Waals surface area (Å²) in [6.45, 7) is 3.45. The summed E-state index contributed by atoms with van der Waals surface area (Å²) in [6.07, 6.45) is -5.56. The summed E-state index contributed by atoms with van der Waals surface area (Å²) >= 11 is 0. The van der Waals surface area contributed by atoms with Gasteiger partial charge >= 0.3 is 11.9 Å². The van der Waals surface area contributed by atoms with Crippen molar-refractivity contribution in [1.29, 1.82) is 0 Å². The van der Waals surface area contributed by atoms with E-state index in [0.29, 0.717) is 0 Å². The van der Waals surface area contributed by atoms with E-state index in [-0.39, 0.29) is 36.2 Å². The molecule has 5 nitrogen and oxygen atoms in total. The van der Waals surface area contributed by atoms with Crippen molar-refractivity contribution >= 4 is 11.4 Å². The SMILES string of the molecule is CC(C)Oc1cccc(NCCCC(F)(F)F)c1[N+](=O)[O-]. The minimum absolute atomic E-state index is 0.00845. The average molecular weight is 306 g/mol. The predicted molar refractivity (Wildman–Crippen MR) is 72.6 cm³/mol. The number of para-hydroxylation sites is 1. The highest BCUT2D eigenvalue weighted by atomic mass is 19.4. The van der Waals surface area contributed by atoms with E-state index in [1.807, 2.05) is 0 Å².